The Morgan fingerprint density at radius 2 is 2.27 bits per heavy atom. The lowest BCUT2D eigenvalue weighted by Crippen LogP contribution is -2.11. The number of anilines is 1. The van der Waals surface area contributed by atoms with Crippen LogP contribution in [0.3, 0.4) is 0 Å². The summed E-state index contributed by atoms with van der Waals surface area (Å²) >= 11 is 5.64. The Hall–Kier alpha value is -0.550. The van der Waals surface area contributed by atoms with E-state index in [1.54, 1.807) is 11.3 Å². The highest BCUT2D eigenvalue weighted by Gasteiger charge is 2.15. The van der Waals surface area contributed by atoms with Gasteiger partial charge in [0.05, 0.1) is 5.69 Å². The summed E-state index contributed by atoms with van der Waals surface area (Å²) in [5.74, 6) is 0.591. The molecule has 1 aromatic rings. The van der Waals surface area contributed by atoms with Crippen LogP contribution in [0.1, 0.15) is 29.8 Å². The first-order valence-corrected chi connectivity index (χ1v) is 6.64. The normalized spacial score (nSPS) is 14.7. The molecule has 1 aliphatic carbocycles. The van der Waals surface area contributed by atoms with Crippen LogP contribution >= 0.6 is 24.0 Å². The molecular weight excluding hydrogens is 228 g/mol. The van der Waals surface area contributed by atoms with E-state index in [1.165, 1.54) is 23.4 Å². The van der Waals surface area contributed by atoms with Crippen molar-refractivity contribution in [3.8, 4) is 0 Å². The molecule has 0 saturated heterocycles. The van der Waals surface area contributed by atoms with Crippen LogP contribution < -0.4 is 5.32 Å². The number of hydrogen-bond donors (Lipinski definition) is 2. The topological polar surface area (TPSA) is 42.0 Å². The maximum Gasteiger partial charge on any atom is 0.226 e. The standard InChI is InChI=1S/C10H14N2OS2/c13-9(5-6-14)12-10-11-7-3-1-2-4-8(7)15-10/h14H,1-6H2,(H,11,12,13). The van der Waals surface area contributed by atoms with Gasteiger partial charge in [0.2, 0.25) is 5.91 Å². The van der Waals surface area contributed by atoms with Crippen LogP contribution in [0.5, 0.6) is 0 Å². The highest BCUT2D eigenvalue weighted by molar-refractivity contribution is 7.80. The van der Waals surface area contributed by atoms with Crippen LogP contribution in [0.2, 0.25) is 0 Å². The molecule has 3 nitrogen and oxygen atoms in total. The highest BCUT2D eigenvalue weighted by atomic mass is 32.1. The molecule has 0 spiro atoms. The molecule has 1 N–H and O–H groups in total. The summed E-state index contributed by atoms with van der Waals surface area (Å²) in [5.41, 5.74) is 1.19. The molecule has 2 rings (SSSR count). The van der Waals surface area contributed by atoms with Crippen LogP contribution in [0.15, 0.2) is 0 Å². The second kappa shape index (κ2) is 4.99. The molecule has 5 heteroatoms. The monoisotopic (exact) mass is 242 g/mol. The van der Waals surface area contributed by atoms with Crippen LogP contribution in [0.4, 0.5) is 5.13 Å². The Morgan fingerprint density at radius 3 is 3.00 bits per heavy atom. The molecule has 0 radical (unpaired) electrons. The van der Waals surface area contributed by atoms with Crippen molar-refractivity contribution in [1.82, 2.24) is 4.98 Å². The van der Waals surface area contributed by atoms with Crippen LogP contribution in [0.25, 0.3) is 0 Å². The van der Waals surface area contributed by atoms with E-state index in [2.05, 4.69) is 22.9 Å². The van der Waals surface area contributed by atoms with Crippen molar-refractivity contribution in [2.24, 2.45) is 0 Å². The first-order chi connectivity index (χ1) is 7.29. The number of carbonyl (C=O) groups excluding carboxylic acids is 1. The average molecular weight is 242 g/mol. The van der Waals surface area contributed by atoms with Crippen molar-refractivity contribution in [2.75, 3.05) is 11.1 Å². The fourth-order valence-corrected chi connectivity index (χ4v) is 2.96. The van der Waals surface area contributed by atoms with E-state index in [1.807, 2.05) is 0 Å². The van der Waals surface area contributed by atoms with Crippen molar-refractivity contribution in [3.63, 3.8) is 0 Å². The number of fused-ring (bicyclic) bond motifs is 1. The Bertz CT molecular complexity index is 339. The van der Waals surface area contributed by atoms with Crippen molar-refractivity contribution in [1.29, 1.82) is 0 Å². The number of aryl methyl sites for hydroxylation is 2. The predicted molar refractivity (Wildman–Crippen MR) is 65.9 cm³/mol. The summed E-state index contributed by atoms with van der Waals surface area (Å²) in [4.78, 5) is 17.1. The van der Waals surface area contributed by atoms with Gasteiger partial charge in [0.25, 0.3) is 0 Å². The SMILES string of the molecule is O=C(CCS)Nc1nc2c(s1)CCCC2. The third kappa shape index (κ3) is 2.72. The van der Waals surface area contributed by atoms with Crippen LogP contribution in [-0.4, -0.2) is 16.6 Å². The second-order valence-electron chi connectivity index (χ2n) is 3.62. The van der Waals surface area contributed by atoms with E-state index >= 15 is 0 Å². The quantitative estimate of drug-likeness (QED) is 0.799. The first kappa shape index (κ1) is 11.0. The number of thiazole rings is 1. The Kier molecular flexibility index (Phi) is 3.64. The van der Waals surface area contributed by atoms with Crippen LogP contribution in [-0.2, 0) is 17.6 Å². The highest BCUT2D eigenvalue weighted by Crippen LogP contribution is 2.29. The predicted octanol–water partition coefficient (Wildman–Crippen LogP) is 2.28. The maximum atomic E-state index is 11.3. The number of nitrogens with one attached hydrogen (secondary N) is 1. The number of hydrogen-bond acceptors (Lipinski definition) is 4. The molecule has 82 valence electrons. The van der Waals surface area contributed by atoms with Gasteiger partial charge in [-0.15, -0.1) is 11.3 Å². The van der Waals surface area contributed by atoms with Gasteiger partial charge < -0.3 is 5.32 Å². The van der Waals surface area contributed by atoms with Crippen molar-refractivity contribution < 1.29 is 4.79 Å². The zero-order valence-electron chi connectivity index (χ0n) is 8.45. The molecule has 1 aliphatic rings. The molecule has 0 saturated carbocycles. The largest absolute Gasteiger partial charge is 0.302 e. The lowest BCUT2D eigenvalue weighted by molar-refractivity contribution is -0.115. The molecule has 1 amide bonds. The van der Waals surface area contributed by atoms with E-state index in [0.717, 1.165) is 18.0 Å². The van der Waals surface area contributed by atoms with E-state index in [0.29, 0.717) is 12.2 Å². The van der Waals surface area contributed by atoms with E-state index in [4.69, 9.17) is 0 Å². The fourth-order valence-electron chi connectivity index (χ4n) is 1.69. The van der Waals surface area contributed by atoms with Crippen molar-refractivity contribution in [2.45, 2.75) is 32.1 Å². The van der Waals surface area contributed by atoms with Gasteiger partial charge in [-0.25, -0.2) is 4.98 Å². The van der Waals surface area contributed by atoms with Crippen molar-refractivity contribution in [3.05, 3.63) is 10.6 Å². The molecular formula is C10H14N2OS2. The van der Waals surface area contributed by atoms with Gasteiger partial charge in [0, 0.05) is 11.3 Å². The molecule has 1 heterocycles. The zero-order valence-corrected chi connectivity index (χ0v) is 10.2. The molecule has 0 aliphatic heterocycles. The van der Waals surface area contributed by atoms with Crippen molar-refractivity contribution >= 4 is 35.0 Å². The summed E-state index contributed by atoms with van der Waals surface area (Å²) in [6.07, 6.45) is 5.11. The number of carbonyl (C=O) groups is 1. The van der Waals surface area contributed by atoms with Gasteiger partial charge in [-0.3, -0.25) is 4.79 Å². The minimum Gasteiger partial charge on any atom is -0.302 e. The molecule has 15 heavy (non-hydrogen) atoms. The summed E-state index contributed by atoms with van der Waals surface area (Å²) < 4.78 is 0. The lowest BCUT2D eigenvalue weighted by Gasteiger charge is -2.06. The second-order valence-corrected chi connectivity index (χ2v) is 5.15. The summed E-state index contributed by atoms with van der Waals surface area (Å²) in [5, 5.41) is 3.58. The number of amides is 1. The molecule has 0 aromatic carbocycles. The fraction of sp³-hybridized carbons (Fsp3) is 0.600. The molecule has 0 unspecified atom stereocenters. The lowest BCUT2D eigenvalue weighted by atomic mass is 10.0. The van der Waals surface area contributed by atoms with Crippen LogP contribution in [0, 0.1) is 0 Å². The minimum atomic E-state index is 0.0103. The van der Waals surface area contributed by atoms with Gasteiger partial charge in [0.15, 0.2) is 5.13 Å². The summed E-state index contributed by atoms with van der Waals surface area (Å²) in [7, 11) is 0. The van der Waals surface area contributed by atoms with E-state index in [9.17, 15) is 4.79 Å². The molecule has 0 fully saturated rings. The smallest absolute Gasteiger partial charge is 0.226 e. The summed E-state index contributed by atoms with van der Waals surface area (Å²) in [6.45, 7) is 0. The molecule has 1 aromatic heterocycles. The van der Waals surface area contributed by atoms with Gasteiger partial charge in [0.1, 0.15) is 0 Å². The average Bonchev–Trinajstić information content (AvgIpc) is 2.59. The van der Waals surface area contributed by atoms with Gasteiger partial charge in [-0.2, -0.15) is 12.6 Å². The Labute approximate surface area is 98.7 Å². The number of aromatic nitrogens is 1. The zero-order chi connectivity index (χ0) is 10.7. The number of nitrogens with zero attached hydrogens (tertiary/aromatic N) is 1. The Balaban J connectivity index is 2.03. The van der Waals surface area contributed by atoms with E-state index in [-0.39, 0.29) is 5.91 Å². The van der Waals surface area contributed by atoms with E-state index < -0.39 is 0 Å². The van der Waals surface area contributed by atoms with Gasteiger partial charge >= 0.3 is 0 Å². The minimum absolute atomic E-state index is 0.0103. The maximum absolute atomic E-state index is 11.3. The molecule has 0 bridgehead atoms. The Morgan fingerprint density at radius 1 is 1.47 bits per heavy atom. The third-order valence-electron chi connectivity index (χ3n) is 2.43. The summed E-state index contributed by atoms with van der Waals surface area (Å²) in [6, 6.07) is 0. The molecule has 0 atom stereocenters. The van der Waals surface area contributed by atoms with Gasteiger partial charge in [-0.05, 0) is 31.4 Å². The number of rotatable bonds is 3. The number of thiol groups is 1. The first-order valence-electron chi connectivity index (χ1n) is 5.19. The third-order valence-corrected chi connectivity index (χ3v) is 3.73. The van der Waals surface area contributed by atoms with Gasteiger partial charge in [-0.1, -0.05) is 0 Å².